The first kappa shape index (κ1) is 17.0. The van der Waals surface area contributed by atoms with Crippen LogP contribution in [0.1, 0.15) is 34.6 Å². The summed E-state index contributed by atoms with van der Waals surface area (Å²) in [5, 5.41) is 3.20. The van der Waals surface area contributed by atoms with Crippen LogP contribution < -0.4 is 5.32 Å². The third kappa shape index (κ3) is 8.54. The summed E-state index contributed by atoms with van der Waals surface area (Å²) in [7, 11) is 0. The molecule has 1 rings (SSSR count). The predicted octanol–water partition coefficient (Wildman–Crippen LogP) is 3.82. The van der Waals surface area contributed by atoms with Crippen LogP contribution in [0.5, 0.6) is 0 Å². The summed E-state index contributed by atoms with van der Waals surface area (Å²) < 4.78 is 0. The summed E-state index contributed by atoms with van der Waals surface area (Å²) in [6.07, 6.45) is 10.6. The second-order valence-corrected chi connectivity index (χ2v) is 3.29. The van der Waals surface area contributed by atoms with Crippen LogP contribution in [0.2, 0.25) is 0 Å². The Morgan fingerprint density at radius 2 is 1.87 bits per heavy atom. The van der Waals surface area contributed by atoms with Gasteiger partial charge in [-0.15, -0.1) is 0 Å². The predicted molar refractivity (Wildman–Crippen MR) is 64.6 cm³/mol. The summed E-state index contributed by atoms with van der Waals surface area (Å²) >= 11 is 0. The fourth-order valence-electron chi connectivity index (χ4n) is 1.16. The molecular formula is C13H22NRe-. The smallest absolute Gasteiger partial charge is 0 e. The summed E-state index contributed by atoms with van der Waals surface area (Å²) in [6, 6.07) is 0. The van der Waals surface area contributed by atoms with E-state index in [1.54, 1.807) is 0 Å². The van der Waals surface area contributed by atoms with Gasteiger partial charge in [-0.3, -0.25) is 0 Å². The van der Waals surface area contributed by atoms with Gasteiger partial charge in [0, 0.05) is 20.4 Å². The van der Waals surface area contributed by atoms with Crippen molar-refractivity contribution in [3.05, 3.63) is 42.1 Å². The zero-order valence-corrected chi connectivity index (χ0v) is 13.1. The SMILES string of the molecule is C/C1=C/C(C)/C=C\[C-](C)C=CN1.CC.[Re]. The van der Waals surface area contributed by atoms with E-state index < -0.39 is 0 Å². The summed E-state index contributed by atoms with van der Waals surface area (Å²) in [4.78, 5) is 0. The van der Waals surface area contributed by atoms with Crippen LogP contribution in [0, 0.1) is 11.8 Å². The van der Waals surface area contributed by atoms with E-state index in [0.717, 1.165) is 0 Å². The van der Waals surface area contributed by atoms with Crippen molar-refractivity contribution >= 4 is 0 Å². The average molecular weight is 379 g/mol. The Labute approximate surface area is 108 Å². The largest absolute Gasteiger partial charge is 0.418 e. The normalized spacial score (nSPS) is 25.0. The number of rotatable bonds is 0. The van der Waals surface area contributed by atoms with Crippen molar-refractivity contribution in [2.24, 2.45) is 5.92 Å². The topological polar surface area (TPSA) is 12.0 Å². The van der Waals surface area contributed by atoms with E-state index in [4.69, 9.17) is 0 Å². The summed E-state index contributed by atoms with van der Waals surface area (Å²) in [5.74, 6) is 1.78. The van der Waals surface area contributed by atoms with Gasteiger partial charge in [0.1, 0.15) is 0 Å². The van der Waals surface area contributed by atoms with Crippen LogP contribution in [0.15, 0.2) is 36.2 Å². The molecule has 1 unspecified atom stereocenters. The van der Waals surface area contributed by atoms with Crippen molar-refractivity contribution < 1.29 is 20.4 Å². The molecule has 0 saturated heterocycles. The fourth-order valence-corrected chi connectivity index (χ4v) is 1.16. The summed E-state index contributed by atoms with van der Waals surface area (Å²) in [5.41, 5.74) is 1.21. The molecule has 1 nitrogen and oxygen atoms in total. The first-order chi connectivity index (χ1) is 6.68. The van der Waals surface area contributed by atoms with E-state index in [0.29, 0.717) is 5.92 Å². The molecule has 0 aromatic rings. The molecule has 1 radical (unpaired) electrons. The van der Waals surface area contributed by atoms with Crippen molar-refractivity contribution in [2.75, 3.05) is 0 Å². The first-order valence-corrected chi connectivity index (χ1v) is 5.32. The van der Waals surface area contributed by atoms with E-state index in [1.807, 2.05) is 20.0 Å². The molecule has 15 heavy (non-hydrogen) atoms. The number of hydrogen-bond acceptors (Lipinski definition) is 1. The standard InChI is InChI=1S/C11H16N.C2H6.Re/c1-9-4-5-10(2)8-11(3)12-7-6-9;1-2;/h4-8,10,12H,1-3H3;1-2H3;/q-1;;/b5-4-,7-6?,11-8-;;. The van der Waals surface area contributed by atoms with Crippen molar-refractivity contribution in [2.45, 2.75) is 34.6 Å². The first-order valence-electron chi connectivity index (χ1n) is 5.32. The van der Waals surface area contributed by atoms with Crippen molar-refractivity contribution in [1.82, 2.24) is 5.32 Å². The third-order valence-corrected chi connectivity index (χ3v) is 1.83. The van der Waals surface area contributed by atoms with Gasteiger partial charge < -0.3 is 5.32 Å². The van der Waals surface area contributed by atoms with Gasteiger partial charge in [-0.2, -0.15) is 24.1 Å². The van der Waals surface area contributed by atoms with E-state index in [1.165, 1.54) is 11.6 Å². The molecule has 0 aromatic carbocycles. The van der Waals surface area contributed by atoms with Gasteiger partial charge in [-0.25, -0.2) is 0 Å². The third-order valence-electron chi connectivity index (χ3n) is 1.83. The fraction of sp³-hybridized carbons (Fsp3) is 0.462. The molecule has 0 aromatic heterocycles. The second-order valence-electron chi connectivity index (χ2n) is 3.29. The molecule has 0 bridgehead atoms. The molecule has 0 fully saturated rings. The molecule has 1 aliphatic rings. The number of nitrogens with one attached hydrogen (secondary N) is 1. The van der Waals surface area contributed by atoms with Gasteiger partial charge in [-0.05, 0) is 18.5 Å². The van der Waals surface area contributed by atoms with Gasteiger partial charge in [0.05, 0.1) is 0 Å². The molecule has 87 valence electrons. The van der Waals surface area contributed by atoms with Gasteiger partial charge >= 0.3 is 0 Å². The monoisotopic (exact) mass is 379 g/mol. The van der Waals surface area contributed by atoms with E-state index in [2.05, 4.69) is 50.4 Å². The number of allylic oxidation sites excluding steroid dienone is 5. The average Bonchev–Trinajstić information content (AvgIpc) is 2.23. The minimum Gasteiger partial charge on any atom is -0.418 e. The molecule has 1 N–H and O–H groups in total. The van der Waals surface area contributed by atoms with Crippen molar-refractivity contribution in [3.8, 4) is 0 Å². The quantitative estimate of drug-likeness (QED) is 0.632. The van der Waals surface area contributed by atoms with E-state index in [-0.39, 0.29) is 20.4 Å². The minimum absolute atomic E-state index is 0. The summed E-state index contributed by atoms with van der Waals surface area (Å²) in [6.45, 7) is 10.4. The Bertz CT molecular complexity index is 229. The molecule has 1 aliphatic heterocycles. The Morgan fingerprint density at radius 3 is 2.47 bits per heavy atom. The Kier molecular flexibility index (Phi) is 11.4. The van der Waals surface area contributed by atoms with Crippen molar-refractivity contribution in [3.63, 3.8) is 0 Å². The molecule has 0 saturated carbocycles. The zero-order chi connectivity index (χ0) is 11.0. The van der Waals surface area contributed by atoms with Crippen molar-refractivity contribution in [1.29, 1.82) is 0 Å². The Hall–Kier alpha value is -0.448. The molecule has 0 amide bonds. The van der Waals surface area contributed by atoms with Crippen LogP contribution in [0.25, 0.3) is 0 Å². The molecule has 0 aliphatic carbocycles. The Balaban J connectivity index is 0. The molecule has 1 heterocycles. The van der Waals surface area contributed by atoms with Gasteiger partial charge in [-0.1, -0.05) is 40.0 Å². The molecular weight excluding hydrogens is 356 g/mol. The van der Waals surface area contributed by atoms with Crippen LogP contribution in [-0.4, -0.2) is 0 Å². The Morgan fingerprint density at radius 1 is 1.27 bits per heavy atom. The van der Waals surface area contributed by atoms with Gasteiger partial charge in [0.2, 0.25) is 0 Å². The maximum Gasteiger partial charge on any atom is 0 e. The second kappa shape index (κ2) is 10.1. The van der Waals surface area contributed by atoms with E-state index >= 15 is 0 Å². The molecule has 1 atom stereocenters. The minimum atomic E-state index is 0. The molecule has 0 spiro atoms. The molecule has 2 heteroatoms. The zero-order valence-electron chi connectivity index (χ0n) is 10.3. The van der Waals surface area contributed by atoms with Crippen LogP contribution in [-0.2, 0) is 20.4 Å². The van der Waals surface area contributed by atoms with Gasteiger partial charge in [0.25, 0.3) is 0 Å². The van der Waals surface area contributed by atoms with E-state index in [9.17, 15) is 0 Å². The van der Waals surface area contributed by atoms with Crippen LogP contribution in [0.4, 0.5) is 0 Å². The van der Waals surface area contributed by atoms with Crippen LogP contribution in [0.3, 0.4) is 0 Å². The maximum atomic E-state index is 3.20. The van der Waals surface area contributed by atoms with Crippen LogP contribution >= 0.6 is 0 Å². The van der Waals surface area contributed by atoms with Gasteiger partial charge in [0.15, 0.2) is 0 Å². The number of hydrogen-bond donors (Lipinski definition) is 1. The maximum absolute atomic E-state index is 3.20.